The summed E-state index contributed by atoms with van der Waals surface area (Å²) in [5, 5.41) is 101. The molecule has 2 heterocycles. The van der Waals surface area contributed by atoms with Crippen LogP contribution in [0.15, 0.2) is 0 Å². The van der Waals surface area contributed by atoms with E-state index in [9.17, 15) is 45.6 Å². The molecule has 3 aliphatic rings. The molecule has 2 aliphatic heterocycles. The average molecular weight is 658 g/mol. The van der Waals surface area contributed by atoms with Gasteiger partial charge in [0, 0.05) is 19.1 Å². The third-order valence-electron chi connectivity index (χ3n) is 8.42. The van der Waals surface area contributed by atoms with E-state index in [1.807, 2.05) is 0 Å². The average Bonchev–Trinajstić information content (AvgIpc) is 2.98. The van der Waals surface area contributed by atoms with Gasteiger partial charge in [-0.15, -0.1) is 0 Å². The summed E-state index contributed by atoms with van der Waals surface area (Å²) in [6.07, 6.45) is -17.9. The number of aliphatic hydroxyl groups is 9. The molecule has 264 valence electrons. The highest BCUT2D eigenvalue weighted by molar-refractivity contribution is 5.80. The Morgan fingerprint density at radius 3 is 2.31 bits per heavy atom. The Kier molecular flexibility index (Phi) is 14.2. The molecule has 1 amide bonds. The van der Waals surface area contributed by atoms with Crippen LogP contribution in [0.5, 0.6) is 0 Å². The number of ether oxygens (including phenoxy) is 4. The molecule has 1 aliphatic carbocycles. The second-order valence-electron chi connectivity index (χ2n) is 12.1. The zero-order valence-electron chi connectivity index (χ0n) is 25.3. The van der Waals surface area contributed by atoms with Gasteiger partial charge in [0.15, 0.2) is 12.6 Å². The monoisotopic (exact) mass is 657 g/mol. The molecule has 0 spiro atoms. The van der Waals surface area contributed by atoms with Crippen LogP contribution in [-0.4, -0.2) is 189 Å². The lowest BCUT2D eigenvalue weighted by atomic mass is 9.83. The Labute approximate surface area is 260 Å². The standard InChI is InChI=1S/C26H51N5O14/c1-26(41)9-42-24(19(39)22(26)29-2)45-21-12(31-23(40)13(34)3-4-27)5-11(28)20(18(21)38)44-25-17(37)16(36)15(35)14(43-25)7-30-6-10(33)8-32/h10-22,24-25,29-30,32-39,41H,3-9,27-28H2,1-2H3,(H,31,40)/t10?,11-,12+,13-,14+,15+,16-,17+,18-,19+,20?,21-,22+,24+,25+,26-/m0/s1. The van der Waals surface area contributed by atoms with Gasteiger partial charge in [-0.25, -0.2) is 0 Å². The minimum atomic E-state index is -1.79. The quantitative estimate of drug-likeness (QED) is 0.0824. The van der Waals surface area contributed by atoms with E-state index in [1.54, 1.807) is 0 Å². The molecule has 3 rings (SSSR count). The van der Waals surface area contributed by atoms with Gasteiger partial charge in [0.1, 0.15) is 60.5 Å². The molecule has 0 aromatic carbocycles. The topological polar surface area (TPSA) is 324 Å². The van der Waals surface area contributed by atoms with Gasteiger partial charge in [-0.05, 0) is 33.4 Å². The van der Waals surface area contributed by atoms with Gasteiger partial charge >= 0.3 is 0 Å². The van der Waals surface area contributed by atoms with E-state index in [0.717, 1.165) is 0 Å². The summed E-state index contributed by atoms with van der Waals surface area (Å²) in [6, 6.07) is -3.01. The largest absolute Gasteiger partial charge is 0.394 e. The first-order chi connectivity index (χ1) is 21.2. The van der Waals surface area contributed by atoms with E-state index in [-0.39, 0.29) is 39.1 Å². The molecule has 2 unspecified atom stereocenters. The fourth-order valence-electron chi connectivity index (χ4n) is 5.84. The highest BCUT2D eigenvalue weighted by atomic mass is 16.7. The Morgan fingerprint density at radius 1 is 1.02 bits per heavy atom. The minimum absolute atomic E-state index is 0.0213. The SMILES string of the molecule is CN[C@@H]1[C@@H](O)[C@@H](O[C@H]2[C@H](NC(=O)[C@@H](O)CCN)C[C@H](N)C(O[C@H]3O[C@H](CNCC(O)CO)[C@@H](O)[C@H](O)[C@H]3O)[C@@H]2O)OC[C@]1(C)O. The van der Waals surface area contributed by atoms with Crippen molar-refractivity contribution in [3.63, 3.8) is 0 Å². The maximum absolute atomic E-state index is 12.7. The molecule has 1 saturated carbocycles. The number of hydrogen-bond donors (Lipinski definition) is 14. The Morgan fingerprint density at radius 2 is 1.69 bits per heavy atom. The number of likely N-dealkylation sites (N-methyl/N-ethyl adjacent to an activating group) is 1. The molecule has 0 aromatic rings. The maximum atomic E-state index is 12.7. The fourth-order valence-corrected chi connectivity index (χ4v) is 5.84. The highest BCUT2D eigenvalue weighted by Gasteiger charge is 2.53. The van der Waals surface area contributed by atoms with Crippen LogP contribution in [0.2, 0.25) is 0 Å². The van der Waals surface area contributed by atoms with E-state index in [1.165, 1.54) is 14.0 Å². The summed E-state index contributed by atoms with van der Waals surface area (Å²) in [5.74, 6) is -0.816. The zero-order valence-corrected chi connectivity index (χ0v) is 25.3. The van der Waals surface area contributed by atoms with Crippen molar-refractivity contribution in [1.29, 1.82) is 0 Å². The maximum Gasteiger partial charge on any atom is 0.249 e. The van der Waals surface area contributed by atoms with Gasteiger partial charge in [0.2, 0.25) is 5.91 Å². The van der Waals surface area contributed by atoms with Gasteiger partial charge in [0.05, 0.1) is 31.4 Å². The molecule has 45 heavy (non-hydrogen) atoms. The predicted octanol–water partition coefficient (Wildman–Crippen LogP) is -8.15. The van der Waals surface area contributed by atoms with Crippen molar-refractivity contribution in [2.75, 3.05) is 39.9 Å². The van der Waals surface area contributed by atoms with Crippen LogP contribution in [0.4, 0.5) is 0 Å². The molecule has 19 nitrogen and oxygen atoms in total. The number of carbonyl (C=O) groups excluding carboxylic acids is 1. The summed E-state index contributed by atoms with van der Waals surface area (Å²) < 4.78 is 23.1. The molecule has 0 bridgehead atoms. The first kappa shape index (κ1) is 38.2. The van der Waals surface area contributed by atoms with Gasteiger partial charge in [-0.2, -0.15) is 0 Å². The van der Waals surface area contributed by atoms with Crippen molar-refractivity contribution in [3.05, 3.63) is 0 Å². The second kappa shape index (κ2) is 16.8. The predicted molar refractivity (Wildman–Crippen MR) is 152 cm³/mol. The van der Waals surface area contributed by atoms with Crippen molar-refractivity contribution in [1.82, 2.24) is 16.0 Å². The lowest BCUT2D eigenvalue weighted by molar-refractivity contribution is -0.331. The van der Waals surface area contributed by atoms with Crippen molar-refractivity contribution < 1.29 is 69.7 Å². The lowest BCUT2D eigenvalue weighted by Gasteiger charge is -2.49. The van der Waals surface area contributed by atoms with Gasteiger partial charge in [0.25, 0.3) is 0 Å². The zero-order chi connectivity index (χ0) is 33.6. The Bertz CT molecular complexity index is 925. The molecule has 0 aromatic heterocycles. The summed E-state index contributed by atoms with van der Waals surface area (Å²) >= 11 is 0. The van der Waals surface area contributed by atoms with Crippen molar-refractivity contribution >= 4 is 5.91 Å². The fraction of sp³-hybridized carbons (Fsp3) is 0.962. The molecular formula is C26H51N5O14. The number of rotatable bonds is 14. The van der Waals surface area contributed by atoms with E-state index < -0.39 is 110 Å². The Balaban J connectivity index is 1.81. The van der Waals surface area contributed by atoms with Crippen molar-refractivity contribution in [2.45, 2.75) is 117 Å². The van der Waals surface area contributed by atoms with Gasteiger partial charge in [-0.3, -0.25) is 4.79 Å². The molecule has 16 N–H and O–H groups in total. The van der Waals surface area contributed by atoms with Crippen LogP contribution in [-0.2, 0) is 23.7 Å². The van der Waals surface area contributed by atoms with E-state index in [2.05, 4.69) is 16.0 Å². The number of carbonyl (C=O) groups is 1. The van der Waals surface area contributed by atoms with Crippen LogP contribution in [0.25, 0.3) is 0 Å². The summed E-state index contributed by atoms with van der Waals surface area (Å²) in [7, 11) is 1.52. The van der Waals surface area contributed by atoms with Crippen molar-refractivity contribution in [3.8, 4) is 0 Å². The van der Waals surface area contributed by atoms with Crippen LogP contribution >= 0.6 is 0 Å². The summed E-state index contributed by atoms with van der Waals surface area (Å²) in [4.78, 5) is 12.7. The normalized spacial score (nSPS) is 43.9. The molecule has 2 saturated heterocycles. The molecular weight excluding hydrogens is 606 g/mol. The smallest absolute Gasteiger partial charge is 0.249 e. The third-order valence-corrected chi connectivity index (χ3v) is 8.42. The molecule has 19 heteroatoms. The number of hydrogen-bond acceptors (Lipinski definition) is 18. The van der Waals surface area contributed by atoms with Crippen LogP contribution in [0.3, 0.4) is 0 Å². The second-order valence-corrected chi connectivity index (χ2v) is 12.1. The van der Waals surface area contributed by atoms with E-state index in [4.69, 9.17) is 35.5 Å². The van der Waals surface area contributed by atoms with Gasteiger partial charge in [-0.1, -0.05) is 0 Å². The van der Waals surface area contributed by atoms with Gasteiger partial charge < -0.3 is 92.3 Å². The van der Waals surface area contributed by atoms with E-state index >= 15 is 0 Å². The molecule has 0 radical (unpaired) electrons. The van der Waals surface area contributed by atoms with E-state index in [0.29, 0.717) is 0 Å². The summed E-state index contributed by atoms with van der Waals surface area (Å²) in [5.41, 5.74) is 10.3. The van der Waals surface area contributed by atoms with Crippen molar-refractivity contribution in [2.24, 2.45) is 11.5 Å². The lowest BCUT2D eigenvalue weighted by Crippen LogP contribution is -2.70. The first-order valence-electron chi connectivity index (χ1n) is 15.0. The first-order valence-corrected chi connectivity index (χ1v) is 15.0. The highest BCUT2D eigenvalue weighted by Crippen LogP contribution is 2.32. The Hall–Kier alpha value is -1.21. The number of amides is 1. The van der Waals surface area contributed by atoms with Crippen LogP contribution in [0, 0.1) is 0 Å². The number of nitrogens with one attached hydrogen (secondary N) is 3. The number of nitrogens with two attached hydrogens (primary N) is 2. The minimum Gasteiger partial charge on any atom is -0.394 e. The number of aliphatic hydroxyl groups excluding tert-OH is 8. The summed E-state index contributed by atoms with van der Waals surface area (Å²) in [6.45, 7) is 0.506. The van der Waals surface area contributed by atoms with Crippen LogP contribution < -0.4 is 27.4 Å². The van der Waals surface area contributed by atoms with Crippen LogP contribution in [0.1, 0.15) is 19.8 Å². The molecule has 16 atom stereocenters. The molecule has 3 fully saturated rings. The third kappa shape index (κ3) is 9.24.